The maximum atomic E-state index is 13.3. The van der Waals surface area contributed by atoms with Crippen molar-refractivity contribution in [1.29, 1.82) is 0 Å². The first kappa shape index (κ1) is 7.55. The van der Waals surface area contributed by atoms with Gasteiger partial charge in [0, 0.05) is 6.42 Å². The number of halogens is 1. The van der Waals surface area contributed by atoms with Gasteiger partial charge in [0.2, 0.25) is 5.85 Å². The molecule has 2 nitrogen and oxygen atoms in total. The number of benzene rings is 1. The molecule has 2 rings (SSSR count). The van der Waals surface area contributed by atoms with Gasteiger partial charge in [0.1, 0.15) is 5.75 Å². The monoisotopic (exact) mass is 168 g/mol. The van der Waals surface area contributed by atoms with Crippen molar-refractivity contribution >= 4 is 0 Å². The second kappa shape index (κ2) is 2.45. The van der Waals surface area contributed by atoms with Crippen molar-refractivity contribution < 1.29 is 14.2 Å². The summed E-state index contributed by atoms with van der Waals surface area (Å²) in [5, 5.41) is 9.28. The van der Waals surface area contributed by atoms with E-state index in [0.717, 1.165) is 0 Å². The number of hydrogen-bond acceptors (Lipinski definition) is 2. The zero-order valence-electron chi connectivity index (χ0n) is 6.46. The second-order valence-corrected chi connectivity index (χ2v) is 2.85. The van der Waals surface area contributed by atoms with E-state index in [1.807, 2.05) is 0 Å². The predicted molar refractivity (Wildman–Crippen MR) is 41.6 cm³/mol. The molecule has 1 N–H and O–H groups in total. The highest BCUT2D eigenvalue weighted by Gasteiger charge is 2.34. The van der Waals surface area contributed by atoms with Gasteiger partial charge < -0.3 is 9.84 Å². The average Bonchev–Trinajstić information content (AvgIpc) is 2.04. The lowest BCUT2D eigenvalue weighted by Crippen LogP contribution is -2.27. The molecular formula is C9H9FO2. The molecule has 3 heteroatoms. The summed E-state index contributed by atoms with van der Waals surface area (Å²) in [7, 11) is 0. The van der Waals surface area contributed by atoms with Crippen molar-refractivity contribution in [2.45, 2.75) is 12.3 Å². The summed E-state index contributed by atoms with van der Waals surface area (Å²) in [4.78, 5) is 0. The third kappa shape index (κ3) is 1.06. The molecule has 1 aliphatic heterocycles. The van der Waals surface area contributed by atoms with E-state index < -0.39 is 5.85 Å². The predicted octanol–water partition coefficient (Wildman–Crippen LogP) is 1.58. The fourth-order valence-electron chi connectivity index (χ4n) is 1.34. The highest BCUT2D eigenvalue weighted by Crippen LogP contribution is 2.37. The summed E-state index contributed by atoms with van der Waals surface area (Å²) < 4.78 is 18.5. The first-order valence-corrected chi connectivity index (χ1v) is 3.84. The van der Waals surface area contributed by atoms with Crippen LogP contribution < -0.4 is 4.74 Å². The average molecular weight is 168 g/mol. The molecule has 1 atom stereocenters. The lowest BCUT2D eigenvalue weighted by molar-refractivity contribution is -0.119. The molecule has 0 saturated heterocycles. The van der Waals surface area contributed by atoms with Gasteiger partial charge in [-0.25, -0.2) is 4.39 Å². The lowest BCUT2D eigenvalue weighted by atomic mass is 10.0. The van der Waals surface area contributed by atoms with Crippen LogP contribution in [-0.4, -0.2) is 11.7 Å². The first-order valence-electron chi connectivity index (χ1n) is 3.84. The normalized spacial score (nSPS) is 27.5. The zero-order valence-corrected chi connectivity index (χ0v) is 6.46. The van der Waals surface area contributed by atoms with E-state index >= 15 is 0 Å². The van der Waals surface area contributed by atoms with E-state index in [9.17, 15) is 9.50 Å². The minimum Gasteiger partial charge on any atom is -0.493 e. The summed E-state index contributed by atoms with van der Waals surface area (Å²) in [6.45, 7) is 0.226. The standard InChI is InChI=1S/C9H9FO2/c10-9(11)5-6-12-8-4-2-1-3-7(8)9/h1-4,11H,5-6H2. The number of rotatable bonds is 0. The van der Waals surface area contributed by atoms with Gasteiger partial charge >= 0.3 is 0 Å². The summed E-state index contributed by atoms with van der Waals surface area (Å²) in [6, 6.07) is 6.62. The SMILES string of the molecule is OC1(F)CCOc2ccccc21. The van der Waals surface area contributed by atoms with Crippen LogP contribution in [0.1, 0.15) is 12.0 Å². The van der Waals surface area contributed by atoms with Gasteiger partial charge in [0.05, 0.1) is 12.2 Å². The number of para-hydroxylation sites is 1. The molecule has 1 unspecified atom stereocenters. The zero-order chi connectivity index (χ0) is 8.60. The molecule has 1 heterocycles. The Bertz CT molecular complexity index is 296. The Kier molecular flexibility index (Phi) is 1.54. The van der Waals surface area contributed by atoms with Gasteiger partial charge in [0.15, 0.2) is 0 Å². The fraction of sp³-hybridized carbons (Fsp3) is 0.333. The lowest BCUT2D eigenvalue weighted by Gasteiger charge is -2.26. The summed E-state index contributed by atoms with van der Waals surface area (Å²) in [6.07, 6.45) is 0.00398. The third-order valence-corrected chi connectivity index (χ3v) is 1.99. The molecule has 1 aromatic carbocycles. The van der Waals surface area contributed by atoms with E-state index in [-0.39, 0.29) is 18.6 Å². The molecular weight excluding hydrogens is 159 g/mol. The Balaban J connectivity index is 2.52. The van der Waals surface area contributed by atoms with Gasteiger partial charge in [-0.05, 0) is 12.1 Å². The molecule has 12 heavy (non-hydrogen) atoms. The smallest absolute Gasteiger partial charge is 0.239 e. The number of aliphatic hydroxyl groups is 1. The Labute approximate surface area is 69.6 Å². The van der Waals surface area contributed by atoms with Crippen LogP contribution in [0.5, 0.6) is 5.75 Å². The molecule has 0 bridgehead atoms. The van der Waals surface area contributed by atoms with Gasteiger partial charge in [-0.1, -0.05) is 12.1 Å². The largest absolute Gasteiger partial charge is 0.493 e. The summed E-state index contributed by atoms with van der Waals surface area (Å²) in [5.74, 6) is -1.77. The van der Waals surface area contributed by atoms with Crippen molar-refractivity contribution in [3.05, 3.63) is 29.8 Å². The van der Waals surface area contributed by atoms with Crippen LogP contribution in [0.15, 0.2) is 24.3 Å². The maximum absolute atomic E-state index is 13.3. The molecule has 0 aromatic heterocycles. The molecule has 0 amide bonds. The van der Waals surface area contributed by atoms with Crippen molar-refractivity contribution in [1.82, 2.24) is 0 Å². The molecule has 0 saturated carbocycles. The maximum Gasteiger partial charge on any atom is 0.239 e. The van der Waals surface area contributed by atoms with Crippen LogP contribution in [0.4, 0.5) is 4.39 Å². The van der Waals surface area contributed by atoms with Crippen LogP contribution in [-0.2, 0) is 5.85 Å². The van der Waals surface area contributed by atoms with Crippen molar-refractivity contribution in [3.8, 4) is 5.75 Å². The molecule has 0 radical (unpaired) electrons. The quantitative estimate of drug-likeness (QED) is 0.637. The second-order valence-electron chi connectivity index (χ2n) is 2.85. The first-order chi connectivity index (χ1) is 5.70. The minimum absolute atomic E-state index is 0.00398. The van der Waals surface area contributed by atoms with Gasteiger partial charge in [-0.3, -0.25) is 0 Å². The molecule has 0 aliphatic carbocycles. The molecule has 0 fully saturated rings. The number of fused-ring (bicyclic) bond motifs is 1. The molecule has 0 spiro atoms. The Hall–Kier alpha value is -1.09. The Morgan fingerprint density at radius 2 is 2.17 bits per heavy atom. The number of hydrogen-bond donors (Lipinski definition) is 1. The summed E-state index contributed by atoms with van der Waals surface area (Å²) in [5.41, 5.74) is 0.233. The molecule has 1 aliphatic rings. The molecule has 1 aromatic rings. The Morgan fingerprint density at radius 1 is 1.42 bits per heavy atom. The number of ether oxygens (including phenoxy) is 1. The highest BCUT2D eigenvalue weighted by atomic mass is 19.2. The highest BCUT2D eigenvalue weighted by molar-refractivity contribution is 5.37. The number of alkyl halides is 1. The van der Waals surface area contributed by atoms with E-state index in [0.29, 0.717) is 5.75 Å². The summed E-state index contributed by atoms with van der Waals surface area (Å²) >= 11 is 0. The fourth-order valence-corrected chi connectivity index (χ4v) is 1.34. The van der Waals surface area contributed by atoms with Crippen molar-refractivity contribution in [3.63, 3.8) is 0 Å². The van der Waals surface area contributed by atoms with E-state index in [4.69, 9.17) is 4.74 Å². The van der Waals surface area contributed by atoms with E-state index in [1.54, 1.807) is 18.2 Å². The minimum atomic E-state index is -2.21. The van der Waals surface area contributed by atoms with Crippen molar-refractivity contribution in [2.24, 2.45) is 0 Å². The van der Waals surface area contributed by atoms with Gasteiger partial charge in [-0.15, -0.1) is 0 Å². The van der Waals surface area contributed by atoms with Crippen molar-refractivity contribution in [2.75, 3.05) is 6.61 Å². The van der Waals surface area contributed by atoms with E-state index in [1.165, 1.54) is 6.07 Å². The van der Waals surface area contributed by atoms with Crippen LogP contribution >= 0.6 is 0 Å². The van der Waals surface area contributed by atoms with Crippen LogP contribution in [0.3, 0.4) is 0 Å². The van der Waals surface area contributed by atoms with Crippen LogP contribution in [0.2, 0.25) is 0 Å². The topological polar surface area (TPSA) is 29.5 Å². The van der Waals surface area contributed by atoms with Crippen LogP contribution in [0.25, 0.3) is 0 Å². The Morgan fingerprint density at radius 3 is 2.92 bits per heavy atom. The molecule has 64 valence electrons. The van der Waals surface area contributed by atoms with Crippen LogP contribution in [0, 0.1) is 0 Å². The van der Waals surface area contributed by atoms with E-state index in [2.05, 4.69) is 0 Å². The van der Waals surface area contributed by atoms with Gasteiger partial charge in [-0.2, -0.15) is 0 Å². The third-order valence-electron chi connectivity index (χ3n) is 1.99. The van der Waals surface area contributed by atoms with Gasteiger partial charge in [0.25, 0.3) is 0 Å².